The number of thiophene rings is 1. The molecule has 106 valence electrons. The van der Waals surface area contributed by atoms with Crippen LogP contribution >= 0.6 is 11.3 Å². The first-order valence-corrected chi connectivity index (χ1v) is 8.16. The first-order valence-electron chi connectivity index (χ1n) is 7.34. The highest BCUT2D eigenvalue weighted by molar-refractivity contribution is 7.15. The van der Waals surface area contributed by atoms with Crippen LogP contribution in [0.3, 0.4) is 0 Å². The monoisotopic (exact) mass is 287 g/mol. The molecule has 1 aliphatic rings. The third-order valence-electron chi connectivity index (χ3n) is 3.77. The summed E-state index contributed by atoms with van der Waals surface area (Å²) in [6, 6.07) is 15.0. The van der Waals surface area contributed by atoms with Gasteiger partial charge < -0.3 is 10.1 Å². The predicted molar refractivity (Wildman–Crippen MR) is 85.0 cm³/mol. The van der Waals surface area contributed by atoms with Crippen LogP contribution < -0.4 is 5.32 Å². The van der Waals surface area contributed by atoms with E-state index in [0.29, 0.717) is 0 Å². The topological polar surface area (TPSA) is 21.3 Å². The maximum absolute atomic E-state index is 5.40. The molecule has 1 atom stereocenters. The van der Waals surface area contributed by atoms with Gasteiger partial charge in [0, 0.05) is 29.5 Å². The molecule has 20 heavy (non-hydrogen) atoms. The number of hydrogen-bond acceptors (Lipinski definition) is 3. The molecule has 1 N–H and O–H groups in total. The van der Waals surface area contributed by atoms with Crippen molar-refractivity contribution in [3.05, 3.63) is 47.3 Å². The summed E-state index contributed by atoms with van der Waals surface area (Å²) in [7, 11) is 0. The van der Waals surface area contributed by atoms with E-state index in [0.717, 1.165) is 32.2 Å². The minimum atomic E-state index is 0.769. The summed E-state index contributed by atoms with van der Waals surface area (Å²) >= 11 is 1.88. The molecule has 0 saturated carbocycles. The highest BCUT2D eigenvalue weighted by Crippen LogP contribution is 2.27. The van der Waals surface area contributed by atoms with Crippen molar-refractivity contribution in [3.8, 4) is 10.4 Å². The van der Waals surface area contributed by atoms with E-state index in [4.69, 9.17) is 4.74 Å². The van der Waals surface area contributed by atoms with Crippen molar-refractivity contribution in [1.29, 1.82) is 0 Å². The van der Waals surface area contributed by atoms with E-state index in [1.54, 1.807) is 0 Å². The average molecular weight is 287 g/mol. The molecule has 0 aliphatic carbocycles. The van der Waals surface area contributed by atoms with E-state index >= 15 is 0 Å². The van der Waals surface area contributed by atoms with Crippen molar-refractivity contribution in [3.63, 3.8) is 0 Å². The van der Waals surface area contributed by atoms with Crippen molar-refractivity contribution in [2.45, 2.75) is 19.4 Å². The van der Waals surface area contributed by atoms with E-state index < -0.39 is 0 Å². The van der Waals surface area contributed by atoms with E-state index in [1.807, 2.05) is 11.3 Å². The molecular weight excluding hydrogens is 266 g/mol. The lowest BCUT2D eigenvalue weighted by Gasteiger charge is -2.07. The molecule has 2 nitrogen and oxygen atoms in total. The fourth-order valence-corrected chi connectivity index (χ4v) is 3.54. The van der Waals surface area contributed by atoms with Gasteiger partial charge >= 0.3 is 0 Å². The van der Waals surface area contributed by atoms with Gasteiger partial charge in [-0.05, 0) is 43.0 Å². The Morgan fingerprint density at radius 1 is 1.15 bits per heavy atom. The van der Waals surface area contributed by atoms with Gasteiger partial charge in [0.15, 0.2) is 0 Å². The van der Waals surface area contributed by atoms with Crippen molar-refractivity contribution < 1.29 is 4.74 Å². The second-order valence-electron chi connectivity index (χ2n) is 5.33. The van der Waals surface area contributed by atoms with Crippen molar-refractivity contribution >= 4 is 11.3 Å². The van der Waals surface area contributed by atoms with Crippen molar-refractivity contribution in [2.24, 2.45) is 5.92 Å². The fourth-order valence-electron chi connectivity index (χ4n) is 2.56. The van der Waals surface area contributed by atoms with E-state index in [1.165, 1.54) is 28.2 Å². The Morgan fingerprint density at radius 3 is 2.85 bits per heavy atom. The lowest BCUT2D eigenvalue weighted by molar-refractivity contribution is 0.184. The molecule has 0 bridgehead atoms. The first-order chi connectivity index (χ1) is 9.92. The predicted octanol–water partition coefficient (Wildman–Crippen LogP) is 3.93. The largest absolute Gasteiger partial charge is 0.381 e. The van der Waals surface area contributed by atoms with Crippen LogP contribution in [0.15, 0.2) is 42.5 Å². The Balaban J connectivity index is 1.45. The molecule has 2 aromatic rings. The Hall–Kier alpha value is -1.16. The molecule has 3 rings (SSSR count). The molecule has 0 amide bonds. The van der Waals surface area contributed by atoms with Crippen LogP contribution in [-0.2, 0) is 11.3 Å². The molecule has 0 spiro atoms. The molecule has 2 heterocycles. The minimum absolute atomic E-state index is 0.769. The molecule has 1 fully saturated rings. The molecule has 1 saturated heterocycles. The van der Waals surface area contributed by atoms with Crippen molar-refractivity contribution in [1.82, 2.24) is 5.32 Å². The first kappa shape index (κ1) is 13.8. The zero-order valence-electron chi connectivity index (χ0n) is 11.7. The third-order valence-corrected chi connectivity index (χ3v) is 4.91. The average Bonchev–Trinajstić information content (AvgIpc) is 3.16. The van der Waals surface area contributed by atoms with Crippen LogP contribution in [-0.4, -0.2) is 19.8 Å². The summed E-state index contributed by atoms with van der Waals surface area (Å²) in [5.74, 6) is 0.769. The van der Waals surface area contributed by atoms with Crippen LogP contribution in [0.25, 0.3) is 10.4 Å². The Kier molecular flexibility index (Phi) is 4.85. The summed E-state index contributed by atoms with van der Waals surface area (Å²) < 4.78 is 5.40. The molecule has 1 aliphatic heterocycles. The Morgan fingerprint density at radius 2 is 2.05 bits per heavy atom. The lowest BCUT2D eigenvalue weighted by atomic mass is 10.1. The highest BCUT2D eigenvalue weighted by atomic mass is 32.1. The van der Waals surface area contributed by atoms with Gasteiger partial charge in [-0.15, -0.1) is 11.3 Å². The number of rotatable bonds is 6. The maximum atomic E-state index is 5.40. The van der Waals surface area contributed by atoms with Gasteiger partial charge in [-0.25, -0.2) is 0 Å². The fraction of sp³-hybridized carbons (Fsp3) is 0.412. The third kappa shape index (κ3) is 3.69. The standard InChI is InChI=1S/C17H21NOS/c1-2-4-15(5-3-1)17-7-6-16(20-17)12-18-10-8-14-9-11-19-13-14/h1-7,14,18H,8-13H2. The summed E-state index contributed by atoms with van der Waals surface area (Å²) in [6.45, 7) is 3.98. The van der Waals surface area contributed by atoms with Gasteiger partial charge in [-0.3, -0.25) is 0 Å². The number of nitrogens with one attached hydrogen (secondary N) is 1. The van der Waals surface area contributed by atoms with Gasteiger partial charge in [0.25, 0.3) is 0 Å². The van der Waals surface area contributed by atoms with E-state index in [-0.39, 0.29) is 0 Å². The summed E-state index contributed by atoms with van der Waals surface area (Å²) in [6.07, 6.45) is 2.47. The second kappa shape index (κ2) is 7.02. The zero-order chi connectivity index (χ0) is 13.6. The molecule has 3 heteroatoms. The summed E-state index contributed by atoms with van der Waals surface area (Å²) in [5, 5.41) is 3.55. The van der Waals surface area contributed by atoms with Crippen LogP contribution in [0, 0.1) is 5.92 Å². The van der Waals surface area contributed by atoms with Crippen LogP contribution in [0.4, 0.5) is 0 Å². The molecule has 1 unspecified atom stereocenters. The quantitative estimate of drug-likeness (QED) is 0.813. The lowest BCUT2D eigenvalue weighted by Crippen LogP contribution is -2.17. The molecule has 1 aromatic carbocycles. The number of ether oxygens (including phenoxy) is 1. The van der Waals surface area contributed by atoms with Crippen molar-refractivity contribution in [2.75, 3.05) is 19.8 Å². The number of benzene rings is 1. The number of hydrogen-bond donors (Lipinski definition) is 1. The van der Waals surface area contributed by atoms with Crippen LogP contribution in [0.1, 0.15) is 17.7 Å². The van der Waals surface area contributed by atoms with Gasteiger partial charge in [0.1, 0.15) is 0 Å². The smallest absolute Gasteiger partial charge is 0.0495 e. The summed E-state index contributed by atoms with van der Waals surface area (Å²) in [5.41, 5.74) is 1.31. The maximum Gasteiger partial charge on any atom is 0.0495 e. The molecule has 1 aromatic heterocycles. The van der Waals surface area contributed by atoms with E-state index in [9.17, 15) is 0 Å². The molecule has 0 radical (unpaired) electrons. The Bertz CT molecular complexity index is 517. The second-order valence-corrected chi connectivity index (χ2v) is 6.50. The van der Waals surface area contributed by atoms with Gasteiger partial charge in [0.2, 0.25) is 0 Å². The van der Waals surface area contributed by atoms with Gasteiger partial charge in [0.05, 0.1) is 0 Å². The van der Waals surface area contributed by atoms with E-state index in [2.05, 4.69) is 47.8 Å². The summed E-state index contributed by atoms with van der Waals surface area (Å²) in [4.78, 5) is 2.76. The SMILES string of the molecule is c1ccc(-c2ccc(CNCCC3CCOC3)s2)cc1. The van der Waals surface area contributed by atoms with Crippen LogP contribution in [0.2, 0.25) is 0 Å². The zero-order valence-corrected chi connectivity index (χ0v) is 12.5. The highest BCUT2D eigenvalue weighted by Gasteiger charge is 2.14. The normalized spacial score (nSPS) is 18.5. The molecular formula is C17H21NOS. The van der Waals surface area contributed by atoms with Gasteiger partial charge in [-0.1, -0.05) is 30.3 Å². The van der Waals surface area contributed by atoms with Crippen LogP contribution in [0.5, 0.6) is 0 Å². The van der Waals surface area contributed by atoms with Gasteiger partial charge in [-0.2, -0.15) is 0 Å². The minimum Gasteiger partial charge on any atom is -0.381 e. The Labute approximate surface area is 124 Å².